The fraction of sp³-hybridized carbons (Fsp3) is 0.133. The summed E-state index contributed by atoms with van der Waals surface area (Å²) < 4.78 is 13.2. The molecule has 102 valence electrons. The second-order valence-corrected chi connectivity index (χ2v) is 4.84. The molecule has 20 heavy (non-hydrogen) atoms. The van der Waals surface area contributed by atoms with Crippen molar-refractivity contribution in [2.75, 3.05) is 11.9 Å². The smallest absolute Gasteiger partial charge is 0.265 e. The van der Waals surface area contributed by atoms with Gasteiger partial charge in [0, 0.05) is 6.42 Å². The number of benzene rings is 1. The van der Waals surface area contributed by atoms with E-state index in [1.807, 2.05) is 5.38 Å². The van der Waals surface area contributed by atoms with Gasteiger partial charge in [0.2, 0.25) is 0 Å². The van der Waals surface area contributed by atoms with Crippen LogP contribution in [0, 0.1) is 17.7 Å². The molecule has 0 fully saturated rings. The molecular formula is C15H12FNO2S. The number of rotatable bonds is 3. The first-order chi connectivity index (χ1) is 9.70. The van der Waals surface area contributed by atoms with Crippen molar-refractivity contribution in [1.29, 1.82) is 0 Å². The van der Waals surface area contributed by atoms with Gasteiger partial charge in [0.15, 0.2) is 0 Å². The maximum absolute atomic E-state index is 13.2. The van der Waals surface area contributed by atoms with Gasteiger partial charge < -0.3 is 10.4 Å². The van der Waals surface area contributed by atoms with Crippen LogP contribution in [0.2, 0.25) is 0 Å². The fourth-order valence-electron chi connectivity index (χ4n) is 1.53. The van der Waals surface area contributed by atoms with E-state index in [0.29, 0.717) is 22.5 Å². The molecule has 0 aliphatic carbocycles. The van der Waals surface area contributed by atoms with Gasteiger partial charge in [-0.05, 0) is 29.6 Å². The summed E-state index contributed by atoms with van der Waals surface area (Å²) in [4.78, 5) is 12.5. The van der Waals surface area contributed by atoms with Gasteiger partial charge in [0.05, 0.1) is 22.7 Å². The van der Waals surface area contributed by atoms with Crippen molar-refractivity contribution in [2.24, 2.45) is 0 Å². The second-order valence-electron chi connectivity index (χ2n) is 3.90. The molecule has 1 aromatic heterocycles. The van der Waals surface area contributed by atoms with Gasteiger partial charge in [0.1, 0.15) is 5.82 Å². The van der Waals surface area contributed by atoms with Gasteiger partial charge in [-0.15, -0.1) is 11.3 Å². The van der Waals surface area contributed by atoms with Crippen molar-refractivity contribution >= 4 is 22.9 Å². The third kappa shape index (κ3) is 3.67. The Morgan fingerprint density at radius 2 is 2.25 bits per heavy atom. The molecule has 0 atom stereocenters. The second kappa shape index (κ2) is 6.85. The minimum absolute atomic E-state index is 0.0563. The molecule has 2 aromatic rings. The quantitative estimate of drug-likeness (QED) is 0.854. The molecule has 0 unspecified atom stereocenters. The monoisotopic (exact) mass is 289 g/mol. The van der Waals surface area contributed by atoms with Gasteiger partial charge in [-0.2, -0.15) is 0 Å². The number of hydrogen-bond donors (Lipinski definition) is 2. The van der Waals surface area contributed by atoms with E-state index in [1.165, 1.54) is 29.5 Å². The van der Waals surface area contributed by atoms with E-state index >= 15 is 0 Å². The summed E-state index contributed by atoms with van der Waals surface area (Å²) in [5, 5.41) is 13.2. The molecule has 0 aliphatic heterocycles. The Balaban J connectivity index is 2.23. The Bertz CT molecular complexity index is 656. The Morgan fingerprint density at radius 1 is 1.40 bits per heavy atom. The van der Waals surface area contributed by atoms with E-state index in [1.54, 1.807) is 12.1 Å². The first-order valence-electron chi connectivity index (χ1n) is 5.95. The standard InChI is InChI=1S/C15H12FNO2S/c16-12-6-7-13(11(10-12)4-1-2-8-18)17-15(19)14-5-3-9-20-14/h3,5-7,9-10,18H,2,8H2,(H,17,19). The van der Waals surface area contributed by atoms with Crippen molar-refractivity contribution in [3.8, 4) is 11.8 Å². The van der Waals surface area contributed by atoms with Crippen LogP contribution < -0.4 is 5.32 Å². The molecule has 3 nitrogen and oxygen atoms in total. The lowest BCUT2D eigenvalue weighted by Gasteiger charge is -2.06. The van der Waals surface area contributed by atoms with Crippen LogP contribution in [0.25, 0.3) is 0 Å². The average Bonchev–Trinajstić information content (AvgIpc) is 2.96. The van der Waals surface area contributed by atoms with Crippen molar-refractivity contribution in [1.82, 2.24) is 0 Å². The van der Waals surface area contributed by atoms with Crippen LogP contribution >= 0.6 is 11.3 Å². The largest absolute Gasteiger partial charge is 0.395 e. The summed E-state index contributed by atoms with van der Waals surface area (Å²) in [7, 11) is 0. The summed E-state index contributed by atoms with van der Waals surface area (Å²) in [5.41, 5.74) is 0.846. The van der Waals surface area contributed by atoms with E-state index in [-0.39, 0.29) is 12.5 Å². The lowest BCUT2D eigenvalue weighted by atomic mass is 10.1. The van der Waals surface area contributed by atoms with Gasteiger partial charge in [-0.25, -0.2) is 4.39 Å². The average molecular weight is 289 g/mol. The highest BCUT2D eigenvalue weighted by molar-refractivity contribution is 7.12. The molecule has 0 saturated heterocycles. The number of carbonyl (C=O) groups excluding carboxylic acids is 1. The Morgan fingerprint density at radius 3 is 2.95 bits per heavy atom. The van der Waals surface area contributed by atoms with Gasteiger partial charge in [-0.3, -0.25) is 4.79 Å². The molecule has 1 amide bonds. The Kier molecular flexibility index (Phi) is 4.88. The number of nitrogens with one attached hydrogen (secondary N) is 1. The van der Waals surface area contributed by atoms with Crippen LogP contribution in [0.15, 0.2) is 35.7 Å². The third-order valence-corrected chi connectivity index (χ3v) is 3.30. The van der Waals surface area contributed by atoms with Gasteiger partial charge >= 0.3 is 0 Å². The van der Waals surface area contributed by atoms with Crippen LogP contribution in [0.4, 0.5) is 10.1 Å². The Labute approximate surface area is 120 Å². The molecule has 0 radical (unpaired) electrons. The van der Waals surface area contributed by atoms with E-state index in [9.17, 15) is 9.18 Å². The molecule has 0 bridgehead atoms. The summed E-state index contributed by atoms with van der Waals surface area (Å²) in [6.45, 7) is -0.0563. The lowest BCUT2D eigenvalue weighted by molar-refractivity contribution is 0.103. The molecule has 2 N–H and O–H groups in total. The van der Waals surface area contributed by atoms with Crippen LogP contribution in [-0.2, 0) is 0 Å². The predicted molar refractivity (Wildman–Crippen MR) is 77.3 cm³/mol. The molecule has 1 heterocycles. The number of anilines is 1. The number of aliphatic hydroxyl groups excluding tert-OH is 1. The van der Waals surface area contributed by atoms with Crippen molar-refractivity contribution < 1.29 is 14.3 Å². The van der Waals surface area contributed by atoms with E-state index < -0.39 is 5.82 Å². The van der Waals surface area contributed by atoms with Crippen LogP contribution in [0.5, 0.6) is 0 Å². The van der Waals surface area contributed by atoms with Crippen LogP contribution in [-0.4, -0.2) is 17.6 Å². The molecule has 5 heteroatoms. The highest BCUT2D eigenvalue weighted by atomic mass is 32.1. The molecule has 2 rings (SSSR count). The molecule has 0 saturated carbocycles. The molecule has 0 aliphatic rings. The maximum Gasteiger partial charge on any atom is 0.265 e. The topological polar surface area (TPSA) is 49.3 Å². The first kappa shape index (κ1) is 14.3. The summed E-state index contributed by atoms with van der Waals surface area (Å²) in [5.74, 6) is 4.78. The minimum atomic E-state index is -0.424. The highest BCUT2D eigenvalue weighted by Crippen LogP contribution is 2.18. The number of halogens is 1. The zero-order valence-electron chi connectivity index (χ0n) is 10.5. The zero-order valence-corrected chi connectivity index (χ0v) is 11.3. The first-order valence-corrected chi connectivity index (χ1v) is 6.83. The van der Waals surface area contributed by atoms with Gasteiger partial charge in [-0.1, -0.05) is 17.9 Å². The van der Waals surface area contributed by atoms with E-state index in [2.05, 4.69) is 17.2 Å². The van der Waals surface area contributed by atoms with Crippen LogP contribution in [0.1, 0.15) is 21.7 Å². The zero-order chi connectivity index (χ0) is 14.4. The number of hydrogen-bond acceptors (Lipinski definition) is 3. The number of carbonyl (C=O) groups is 1. The van der Waals surface area contributed by atoms with Crippen LogP contribution in [0.3, 0.4) is 0 Å². The summed E-state index contributed by atoms with van der Waals surface area (Å²) >= 11 is 1.33. The summed E-state index contributed by atoms with van der Waals surface area (Å²) in [6.07, 6.45) is 0.300. The SMILES string of the molecule is O=C(Nc1ccc(F)cc1C#CCCO)c1cccs1. The predicted octanol–water partition coefficient (Wildman–Crippen LogP) is 2.87. The minimum Gasteiger partial charge on any atom is -0.395 e. The van der Waals surface area contributed by atoms with Crippen molar-refractivity contribution in [3.63, 3.8) is 0 Å². The summed E-state index contributed by atoms with van der Waals surface area (Å²) in [6, 6.07) is 7.49. The fourth-order valence-corrected chi connectivity index (χ4v) is 2.15. The van der Waals surface area contributed by atoms with Crippen molar-refractivity contribution in [2.45, 2.75) is 6.42 Å². The van der Waals surface area contributed by atoms with Crippen molar-refractivity contribution in [3.05, 3.63) is 52.0 Å². The van der Waals surface area contributed by atoms with E-state index in [4.69, 9.17) is 5.11 Å². The number of amides is 1. The molecule has 1 aromatic carbocycles. The number of aliphatic hydroxyl groups is 1. The lowest BCUT2D eigenvalue weighted by Crippen LogP contribution is -2.11. The Hall–Kier alpha value is -2.16. The highest BCUT2D eigenvalue weighted by Gasteiger charge is 2.09. The molecule has 0 spiro atoms. The normalized spacial score (nSPS) is 9.70. The van der Waals surface area contributed by atoms with Gasteiger partial charge in [0.25, 0.3) is 5.91 Å². The maximum atomic E-state index is 13.2. The number of thiophene rings is 1. The molecular weight excluding hydrogens is 277 g/mol. The third-order valence-electron chi connectivity index (χ3n) is 2.43. The van der Waals surface area contributed by atoms with E-state index in [0.717, 1.165) is 0 Å².